The number of amides is 2. The van der Waals surface area contributed by atoms with Crippen molar-refractivity contribution in [3.8, 4) is 11.3 Å². The molecule has 0 unspecified atom stereocenters. The molecule has 1 fully saturated rings. The number of hydrogen-bond acceptors (Lipinski definition) is 3. The summed E-state index contributed by atoms with van der Waals surface area (Å²) in [6.07, 6.45) is -2.84. The predicted molar refractivity (Wildman–Crippen MR) is 113 cm³/mol. The quantitative estimate of drug-likeness (QED) is 0.599. The van der Waals surface area contributed by atoms with Gasteiger partial charge in [-0.05, 0) is 30.2 Å². The third kappa shape index (κ3) is 4.77. The van der Waals surface area contributed by atoms with E-state index in [0.29, 0.717) is 30.2 Å². The molecule has 0 spiro atoms. The number of alkyl halides is 3. The molecule has 0 bridgehead atoms. The highest BCUT2D eigenvalue weighted by atomic mass is 19.4. The molecule has 1 aromatic heterocycles. The van der Waals surface area contributed by atoms with Crippen LogP contribution in [0, 0.1) is 0 Å². The number of imidazole rings is 1. The number of aromatic amines is 1. The maximum absolute atomic E-state index is 13.0. The topological polar surface area (TPSA) is 70.2 Å². The highest BCUT2D eigenvalue weighted by Gasteiger charge is 2.32. The number of halogens is 3. The number of benzene rings is 2. The van der Waals surface area contributed by atoms with E-state index in [1.54, 1.807) is 11.1 Å². The smallest absolute Gasteiger partial charge is 0.377 e. The molecule has 32 heavy (non-hydrogen) atoms. The van der Waals surface area contributed by atoms with Crippen molar-refractivity contribution in [2.45, 2.75) is 25.2 Å². The van der Waals surface area contributed by atoms with Gasteiger partial charge in [-0.25, -0.2) is 9.78 Å². The summed E-state index contributed by atoms with van der Waals surface area (Å²) in [5.74, 6) is 0.516. The Hall–Kier alpha value is -3.33. The largest absolute Gasteiger partial charge is 0.416 e. The van der Waals surface area contributed by atoms with Gasteiger partial charge in [0.25, 0.3) is 0 Å². The van der Waals surface area contributed by atoms with E-state index < -0.39 is 17.8 Å². The maximum atomic E-state index is 13.0. The summed E-state index contributed by atoms with van der Waals surface area (Å²) in [5, 5.41) is 3.01. The first-order valence-corrected chi connectivity index (χ1v) is 10.3. The van der Waals surface area contributed by atoms with E-state index >= 15 is 0 Å². The number of urea groups is 1. The zero-order valence-corrected chi connectivity index (χ0v) is 17.4. The molecular weight excluding hydrogens is 421 g/mol. The molecule has 1 aliphatic heterocycles. The molecule has 4 rings (SSSR count). The minimum atomic E-state index is -4.39. The number of aromatic nitrogens is 2. The van der Waals surface area contributed by atoms with E-state index in [2.05, 4.69) is 15.3 Å². The summed E-state index contributed by atoms with van der Waals surface area (Å²) >= 11 is 0. The first-order valence-electron chi connectivity index (χ1n) is 10.3. The second-order valence-electron chi connectivity index (χ2n) is 7.62. The molecule has 9 heteroatoms. The van der Waals surface area contributed by atoms with Crippen molar-refractivity contribution in [3.63, 3.8) is 0 Å². The maximum Gasteiger partial charge on any atom is 0.416 e. The number of nitrogens with one attached hydrogen (secondary N) is 2. The summed E-state index contributed by atoms with van der Waals surface area (Å²) in [7, 11) is 0. The fraction of sp³-hybridized carbons (Fsp3) is 0.304. The third-order valence-electron chi connectivity index (χ3n) is 5.46. The van der Waals surface area contributed by atoms with Crippen molar-refractivity contribution in [2.24, 2.45) is 0 Å². The fourth-order valence-corrected chi connectivity index (χ4v) is 3.66. The van der Waals surface area contributed by atoms with Crippen molar-refractivity contribution in [1.82, 2.24) is 20.2 Å². The Morgan fingerprint density at radius 3 is 2.59 bits per heavy atom. The number of H-pyrrole nitrogens is 1. The number of morpholine rings is 1. The minimum absolute atomic E-state index is 0.175. The SMILES string of the molecule is C[C@@H](NC(=O)N1CCOC[C@H]1c1ncc(-c2ccc(C(F)(F)F)cc2)[nH]1)c1ccccc1. The van der Waals surface area contributed by atoms with E-state index in [4.69, 9.17) is 4.74 Å². The number of ether oxygens (including phenoxy) is 1. The summed E-state index contributed by atoms with van der Waals surface area (Å²) < 4.78 is 44.0. The van der Waals surface area contributed by atoms with Crippen LogP contribution in [0.5, 0.6) is 0 Å². The van der Waals surface area contributed by atoms with Gasteiger partial charge in [0.15, 0.2) is 0 Å². The van der Waals surface area contributed by atoms with Crippen LogP contribution in [-0.2, 0) is 10.9 Å². The molecule has 2 amide bonds. The van der Waals surface area contributed by atoms with Crippen LogP contribution in [0.1, 0.15) is 36.0 Å². The molecule has 1 aliphatic rings. The van der Waals surface area contributed by atoms with Gasteiger partial charge < -0.3 is 19.9 Å². The molecule has 0 saturated carbocycles. The van der Waals surface area contributed by atoms with Crippen LogP contribution in [0.15, 0.2) is 60.8 Å². The van der Waals surface area contributed by atoms with Crippen molar-refractivity contribution < 1.29 is 22.7 Å². The van der Waals surface area contributed by atoms with Crippen molar-refractivity contribution in [2.75, 3.05) is 19.8 Å². The molecule has 6 nitrogen and oxygen atoms in total. The zero-order chi connectivity index (χ0) is 22.7. The average Bonchev–Trinajstić information content (AvgIpc) is 3.29. The lowest BCUT2D eigenvalue weighted by molar-refractivity contribution is -0.137. The highest BCUT2D eigenvalue weighted by molar-refractivity contribution is 5.75. The predicted octanol–water partition coefficient (Wildman–Crippen LogP) is 4.94. The van der Waals surface area contributed by atoms with Crippen LogP contribution in [0.25, 0.3) is 11.3 Å². The van der Waals surface area contributed by atoms with Gasteiger partial charge in [-0.3, -0.25) is 0 Å². The second-order valence-corrected chi connectivity index (χ2v) is 7.62. The van der Waals surface area contributed by atoms with Crippen LogP contribution in [0.2, 0.25) is 0 Å². The summed E-state index contributed by atoms with van der Waals surface area (Å²) in [6, 6.07) is 13.7. The van der Waals surface area contributed by atoms with Crippen LogP contribution < -0.4 is 5.32 Å². The Morgan fingerprint density at radius 1 is 1.19 bits per heavy atom. The van der Waals surface area contributed by atoms with Gasteiger partial charge in [0.05, 0.1) is 36.7 Å². The van der Waals surface area contributed by atoms with Crippen LogP contribution in [0.3, 0.4) is 0 Å². The van der Waals surface area contributed by atoms with E-state index in [9.17, 15) is 18.0 Å². The van der Waals surface area contributed by atoms with E-state index in [0.717, 1.165) is 17.7 Å². The standard InChI is InChI=1S/C23H23F3N4O2/c1-15(16-5-3-2-4-6-16)28-22(31)30-11-12-32-14-20(30)21-27-13-19(29-21)17-7-9-18(10-8-17)23(24,25)26/h2-10,13,15,20H,11-12,14H2,1H3,(H,27,29)(H,28,31)/t15-,20+/m1/s1. The first-order chi connectivity index (χ1) is 15.3. The van der Waals surface area contributed by atoms with Gasteiger partial charge in [-0.2, -0.15) is 13.2 Å². The van der Waals surface area contributed by atoms with Gasteiger partial charge in [-0.1, -0.05) is 42.5 Å². The number of carbonyl (C=O) groups is 1. The minimum Gasteiger partial charge on any atom is -0.377 e. The van der Waals surface area contributed by atoms with Gasteiger partial charge in [-0.15, -0.1) is 0 Å². The van der Waals surface area contributed by atoms with Crippen LogP contribution >= 0.6 is 0 Å². The highest BCUT2D eigenvalue weighted by Crippen LogP contribution is 2.31. The first kappa shape index (κ1) is 21.9. The van der Waals surface area contributed by atoms with E-state index in [1.165, 1.54) is 12.1 Å². The monoisotopic (exact) mass is 444 g/mol. The number of rotatable bonds is 4. The van der Waals surface area contributed by atoms with Gasteiger partial charge in [0.1, 0.15) is 11.9 Å². The fourth-order valence-electron chi connectivity index (χ4n) is 3.66. The molecule has 0 aliphatic carbocycles. The molecule has 0 radical (unpaired) electrons. The normalized spacial score (nSPS) is 17.8. The van der Waals surface area contributed by atoms with Crippen molar-refractivity contribution in [3.05, 3.63) is 77.7 Å². The lowest BCUT2D eigenvalue weighted by Gasteiger charge is -2.35. The van der Waals surface area contributed by atoms with Crippen molar-refractivity contribution >= 4 is 6.03 Å². The molecule has 2 atom stereocenters. The van der Waals surface area contributed by atoms with Crippen LogP contribution in [0.4, 0.5) is 18.0 Å². The molecule has 3 aromatic rings. The van der Waals surface area contributed by atoms with Crippen LogP contribution in [-0.4, -0.2) is 40.7 Å². The summed E-state index contributed by atoms with van der Waals surface area (Å²) in [4.78, 5) is 22.2. The summed E-state index contributed by atoms with van der Waals surface area (Å²) in [6.45, 7) is 3.00. The number of carbonyl (C=O) groups excluding carboxylic acids is 1. The van der Waals surface area contributed by atoms with Gasteiger partial charge in [0.2, 0.25) is 0 Å². The molecule has 2 N–H and O–H groups in total. The molecule has 168 valence electrons. The zero-order valence-electron chi connectivity index (χ0n) is 17.4. The Labute approximate surface area is 183 Å². The van der Waals surface area contributed by atoms with Gasteiger partial charge >= 0.3 is 12.2 Å². The molecular formula is C23H23F3N4O2. The third-order valence-corrected chi connectivity index (χ3v) is 5.46. The number of nitrogens with zero attached hydrogens (tertiary/aromatic N) is 2. The molecule has 2 aromatic carbocycles. The van der Waals surface area contributed by atoms with Gasteiger partial charge in [0, 0.05) is 6.54 Å². The van der Waals surface area contributed by atoms with E-state index in [1.807, 2.05) is 37.3 Å². The van der Waals surface area contributed by atoms with E-state index in [-0.39, 0.29) is 18.7 Å². The Kier molecular flexibility index (Phi) is 6.18. The Balaban J connectivity index is 1.49. The number of hydrogen-bond donors (Lipinski definition) is 2. The average molecular weight is 444 g/mol. The molecule has 1 saturated heterocycles. The summed E-state index contributed by atoms with van der Waals surface area (Å²) in [5.41, 5.74) is 1.42. The Bertz CT molecular complexity index is 1050. The lowest BCUT2D eigenvalue weighted by atomic mass is 10.1. The second kappa shape index (κ2) is 9.04. The molecule has 2 heterocycles. The Morgan fingerprint density at radius 2 is 1.91 bits per heavy atom. The van der Waals surface area contributed by atoms with Crippen molar-refractivity contribution in [1.29, 1.82) is 0 Å². The lowest BCUT2D eigenvalue weighted by Crippen LogP contribution is -2.48.